The molecule has 5 rings (SSSR count). The summed E-state index contributed by atoms with van der Waals surface area (Å²) in [5.74, 6) is 1.01. The predicted octanol–water partition coefficient (Wildman–Crippen LogP) is 7.08. The highest BCUT2D eigenvalue weighted by Crippen LogP contribution is 2.37. The summed E-state index contributed by atoms with van der Waals surface area (Å²) in [5, 5.41) is 5.70. The minimum absolute atomic E-state index is 0.188. The third kappa shape index (κ3) is 5.26. The monoisotopic (exact) mass is 544 g/mol. The van der Waals surface area contributed by atoms with Crippen molar-refractivity contribution in [2.75, 3.05) is 7.11 Å². The maximum Gasteiger partial charge on any atom is 0.264 e. The van der Waals surface area contributed by atoms with Gasteiger partial charge in [-0.1, -0.05) is 76.6 Å². The Labute approximate surface area is 216 Å². The Morgan fingerprint density at radius 3 is 2.57 bits per heavy atom. The van der Waals surface area contributed by atoms with Crippen LogP contribution in [0.2, 0.25) is 0 Å². The lowest BCUT2D eigenvalue weighted by molar-refractivity contribution is -0.115. The van der Waals surface area contributed by atoms with Crippen LogP contribution in [0.1, 0.15) is 11.1 Å². The van der Waals surface area contributed by atoms with E-state index in [1.165, 1.54) is 17.1 Å². The van der Waals surface area contributed by atoms with Crippen molar-refractivity contribution in [2.45, 2.75) is 6.61 Å². The molecule has 4 aromatic carbocycles. The fourth-order valence-electron chi connectivity index (χ4n) is 3.75. The van der Waals surface area contributed by atoms with Crippen molar-refractivity contribution in [3.8, 4) is 11.5 Å². The van der Waals surface area contributed by atoms with Gasteiger partial charge in [-0.05, 0) is 64.0 Å². The molecule has 0 atom stereocenters. The lowest BCUT2D eigenvalue weighted by atomic mass is 10.1. The molecule has 35 heavy (non-hydrogen) atoms. The van der Waals surface area contributed by atoms with Crippen LogP contribution in [-0.4, -0.2) is 18.2 Å². The van der Waals surface area contributed by atoms with Gasteiger partial charge in [-0.2, -0.15) is 0 Å². The first-order chi connectivity index (χ1) is 17.1. The molecule has 0 bridgehead atoms. The van der Waals surface area contributed by atoms with Gasteiger partial charge in [0.1, 0.15) is 6.61 Å². The largest absolute Gasteiger partial charge is 0.493 e. The van der Waals surface area contributed by atoms with Crippen LogP contribution in [-0.2, 0) is 11.4 Å². The number of fused-ring (bicyclic) bond motifs is 1. The zero-order chi connectivity index (χ0) is 24.2. The van der Waals surface area contributed by atoms with Crippen LogP contribution in [0.4, 0.5) is 5.69 Å². The number of amides is 1. The fraction of sp³-hybridized carbons (Fsp3) is 0.0714. The van der Waals surface area contributed by atoms with Crippen LogP contribution in [0.3, 0.4) is 0 Å². The number of methoxy groups -OCH3 is 1. The van der Waals surface area contributed by atoms with Gasteiger partial charge in [-0.3, -0.25) is 4.79 Å². The van der Waals surface area contributed by atoms with E-state index >= 15 is 0 Å². The summed E-state index contributed by atoms with van der Waals surface area (Å²) < 4.78 is 12.5. The lowest BCUT2D eigenvalue weighted by Crippen LogP contribution is -2.19. The van der Waals surface area contributed by atoms with Gasteiger partial charge in [0.2, 0.25) is 0 Å². The van der Waals surface area contributed by atoms with E-state index in [1.807, 2.05) is 66.7 Å². The third-order valence-corrected chi connectivity index (χ3v) is 7.07. The van der Waals surface area contributed by atoms with Crippen LogP contribution < -0.4 is 14.8 Å². The molecule has 7 heteroatoms. The molecule has 5 nitrogen and oxygen atoms in total. The molecule has 4 aromatic rings. The smallest absolute Gasteiger partial charge is 0.264 e. The first-order valence-corrected chi connectivity index (χ1v) is 12.5. The first-order valence-electron chi connectivity index (χ1n) is 10.9. The van der Waals surface area contributed by atoms with Gasteiger partial charge in [-0.15, -0.1) is 0 Å². The summed E-state index contributed by atoms with van der Waals surface area (Å²) in [6.45, 7) is 0.405. The van der Waals surface area contributed by atoms with E-state index in [0.29, 0.717) is 28.2 Å². The van der Waals surface area contributed by atoms with E-state index in [9.17, 15) is 4.79 Å². The van der Waals surface area contributed by atoms with E-state index in [2.05, 4.69) is 50.5 Å². The van der Waals surface area contributed by atoms with Crippen molar-refractivity contribution in [3.63, 3.8) is 0 Å². The van der Waals surface area contributed by atoms with E-state index in [4.69, 9.17) is 9.47 Å². The van der Waals surface area contributed by atoms with E-state index in [0.717, 1.165) is 26.7 Å². The number of carbonyl (C=O) groups excluding carboxylic acids is 1. The second-order valence-corrected chi connectivity index (χ2v) is 9.65. The number of rotatable bonds is 6. The van der Waals surface area contributed by atoms with Crippen molar-refractivity contribution >= 4 is 61.3 Å². The molecule has 1 fully saturated rings. The Bertz CT molecular complexity index is 1460. The Balaban J connectivity index is 1.37. The highest BCUT2D eigenvalue weighted by atomic mass is 79.9. The second-order valence-electron chi connectivity index (χ2n) is 7.77. The van der Waals surface area contributed by atoms with E-state index in [1.54, 1.807) is 7.11 Å². The van der Waals surface area contributed by atoms with Crippen LogP contribution in [0.15, 0.2) is 99.3 Å². The maximum absolute atomic E-state index is 12.5. The first kappa shape index (κ1) is 23.2. The average Bonchev–Trinajstić information content (AvgIpc) is 3.22. The Morgan fingerprint density at radius 2 is 1.74 bits per heavy atom. The molecule has 1 heterocycles. The topological polar surface area (TPSA) is 59.9 Å². The number of halogens is 1. The molecule has 0 unspecified atom stereocenters. The summed E-state index contributed by atoms with van der Waals surface area (Å²) >= 11 is 4.92. The molecular weight excluding hydrogens is 524 g/mol. The number of aliphatic imine (C=N–C) groups is 1. The zero-order valence-electron chi connectivity index (χ0n) is 18.8. The number of hydrogen-bond acceptors (Lipinski definition) is 5. The summed E-state index contributed by atoms with van der Waals surface area (Å²) in [7, 11) is 1.60. The zero-order valence-corrected chi connectivity index (χ0v) is 21.2. The number of nitrogens with one attached hydrogen (secondary N) is 1. The second kappa shape index (κ2) is 10.4. The van der Waals surface area contributed by atoms with Crippen LogP contribution in [0, 0.1) is 0 Å². The van der Waals surface area contributed by atoms with E-state index in [-0.39, 0.29) is 5.91 Å². The number of benzene rings is 4. The van der Waals surface area contributed by atoms with Crippen molar-refractivity contribution < 1.29 is 14.3 Å². The minimum atomic E-state index is -0.188. The van der Waals surface area contributed by atoms with Gasteiger partial charge in [0.25, 0.3) is 5.91 Å². The number of ether oxygens (including phenoxy) is 2. The summed E-state index contributed by atoms with van der Waals surface area (Å²) in [6, 6.07) is 27.7. The summed E-state index contributed by atoms with van der Waals surface area (Å²) in [6.07, 6.45) is 1.81. The number of nitrogens with zero attached hydrogens (tertiary/aromatic N) is 1. The predicted molar refractivity (Wildman–Crippen MR) is 146 cm³/mol. The van der Waals surface area contributed by atoms with Gasteiger partial charge in [-0.25, -0.2) is 4.99 Å². The molecule has 0 aliphatic carbocycles. The number of amidine groups is 1. The molecule has 0 spiro atoms. The number of thioether (sulfide) groups is 1. The van der Waals surface area contributed by atoms with Gasteiger partial charge in [0.15, 0.2) is 16.7 Å². The maximum atomic E-state index is 12.5. The summed E-state index contributed by atoms with van der Waals surface area (Å²) in [5.41, 5.74) is 2.68. The standard InChI is InChI=1S/C28H21BrN2O3S/c1-33-24-14-20(15-26-27(32)31-28(35-26)30-21-11-3-2-4-12-21)23(29)16-25(24)34-17-19-10-7-9-18-8-5-6-13-22(18)19/h2-16H,17H2,1H3,(H,30,31,32)/b26-15+. The Kier molecular flexibility index (Phi) is 6.88. The third-order valence-electron chi connectivity index (χ3n) is 5.47. The minimum Gasteiger partial charge on any atom is -0.493 e. The number of hydrogen-bond donors (Lipinski definition) is 1. The molecule has 0 saturated carbocycles. The van der Waals surface area contributed by atoms with Gasteiger partial charge < -0.3 is 14.8 Å². The van der Waals surface area contributed by atoms with Crippen molar-refractivity contribution in [3.05, 3.63) is 105 Å². The van der Waals surface area contributed by atoms with Gasteiger partial charge in [0.05, 0.1) is 17.7 Å². The molecule has 1 saturated heterocycles. The quantitative estimate of drug-likeness (QED) is 0.263. The molecule has 1 aliphatic rings. The molecular formula is C28H21BrN2O3S. The Hall–Kier alpha value is -3.55. The molecule has 174 valence electrons. The van der Waals surface area contributed by atoms with Crippen LogP contribution >= 0.6 is 27.7 Å². The molecule has 1 amide bonds. The SMILES string of the molecule is COc1cc(/C=C2/SC(=Nc3ccccc3)NC2=O)c(Br)cc1OCc1cccc2ccccc12. The van der Waals surface area contributed by atoms with Crippen molar-refractivity contribution in [2.24, 2.45) is 4.99 Å². The number of carbonyl (C=O) groups is 1. The fourth-order valence-corrected chi connectivity index (χ4v) is 5.02. The molecule has 0 radical (unpaired) electrons. The summed E-state index contributed by atoms with van der Waals surface area (Å²) in [4.78, 5) is 17.6. The average molecular weight is 545 g/mol. The lowest BCUT2D eigenvalue weighted by Gasteiger charge is -2.14. The molecule has 1 aliphatic heterocycles. The Morgan fingerprint density at radius 1 is 0.971 bits per heavy atom. The van der Waals surface area contributed by atoms with Crippen molar-refractivity contribution in [1.29, 1.82) is 0 Å². The van der Waals surface area contributed by atoms with E-state index < -0.39 is 0 Å². The van der Waals surface area contributed by atoms with Crippen LogP contribution in [0.25, 0.3) is 16.8 Å². The van der Waals surface area contributed by atoms with Crippen molar-refractivity contribution in [1.82, 2.24) is 5.32 Å². The normalized spacial score (nSPS) is 15.5. The van der Waals surface area contributed by atoms with Gasteiger partial charge in [0, 0.05) is 4.47 Å². The van der Waals surface area contributed by atoms with Gasteiger partial charge >= 0.3 is 0 Å². The molecule has 0 aromatic heterocycles. The number of para-hydroxylation sites is 1. The highest BCUT2D eigenvalue weighted by molar-refractivity contribution is 9.10. The van der Waals surface area contributed by atoms with Crippen LogP contribution in [0.5, 0.6) is 11.5 Å². The molecule has 1 N–H and O–H groups in total. The highest BCUT2D eigenvalue weighted by Gasteiger charge is 2.24.